The molecule has 4 fully saturated rings. The highest BCUT2D eigenvalue weighted by Gasteiger charge is 2.62. The molecule has 27 heavy (non-hydrogen) atoms. The third kappa shape index (κ3) is 3.07. The number of aliphatic carboxylic acids is 1. The molecule has 0 aromatic carbocycles. The molecule has 0 saturated heterocycles. The van der Waals surface area contributed by atoms with E-state index in [1.165, 1.54) is 51.4 Å². The Hall–Kier alpha value is -0.570. The second-order valence-corrected chi connectivity index (χ2v) is 11.2. The van der Waals surface area contributed by atoms with Gasteiger partial charge in [-0.3, -0.25) is 4.79 Å². The van der Waals surface area contributed by atoms with E-state index in [1.807, 2.05) is 0 Å². The molecule has 3 nitrogen and oxygen atoms in total. The molecule has 9 atom stereocenters. The van der Waals surface area contributed by atoms with Gasteiger partial charge in [0.25, 0.3) is 0 Å². The Balaban J connectivity index is 1.56. The van der Waals surface area contributed by atoms with Gasteiger partial charge in [0.2, 0.25) is 0 Å². The summed E-state index contributed by atoms with van der Waals surface area (Å²) in [5.74, 6) is 3.02. The first-order valence-electron chi connectivity index (χ1n) is 11.7. The summed E-state index contributed by atoms with van der Waals surface area (Å²) >= 11 is 0. The average molecular weight is 377 g/mol. The lowest BCUT2D eigenvalue weighted by Gasteiger charge is -2.62. The molecule has 154 valence electrons. The van der Waals surface area contributed by atoms with Crippen LogP contribution < -0.4 is 0 Å². The highest BCUT2D eigenvalue weighted by molar-refractivity contribution is 5.66. The van der Waals surface area contributed by atoms with Crippen molar-refractivity contribution in [3.8, 4) is 0 Å². The summed E-state index contributed by atoms with van der Waals surface area (Å²) in [6.45, 7) is 7.33. The molecule has 0 spiro atoms. The van der Waals surface area contributed by atoms with E-state index in [1.54, 1.807) is 0 Å². The number of hydrogen-bond acceptors (Lipinski definition) is 2. The third-order valence-corrected chi connectivity index (χ3v) is 10.2. The fourth-order valence-corrected chi connectivity index (χ4v) is 8.78. The molecule has 0 aliphatic heterocycles. The summed E-state index contributed by atoms with van der Waals surface area (Å²) in [6.07, 6.45) is 12.5. The van der Waals surface area contributed by atoms with Crippen molar-refractivity contribution in [1.82, 2.24) is 0 Å². The predicted octanol–water partition coefficient (Wildman–Crippen LogP) is 5.51. The number of hydrogen-bond donors (Lipinski definition) is 2. The van der Waals surface area contributed by atoms with Crippen LogP contribution in [0.15, 0.2) is 0 Å². The molecule has 4 rings (SSSR count). The van der Waals surface area contributed by atoms with Crippen LogP contribution >= 0.6 is 0 Å². The maximum Gasteiger partial charge on any atom is 0.303 e. The van der Waals surface area contributed by atoms with Gasteiger partial charge in [-0.15, -0.1) is 0 Å². The van der Waals surface area contributed by atoms with Crippen LogP contribution in [0.5, 0.6) is 0 Å². The summed E-state index contributed by atoms with van der Waals surface area (Å²) in [5, 5.41) is 20.3. The van der Waals surface area contributed by atoms with E-state index in [-0.39, 0.29) is 6.10 Å². The number of carbonyl (C=O) groups is 1. The number of aliphatic hydroxyl groups excluding tert-OH is 1. The maximum atomic E-state index is 11.2. The average Bonchev–Trinajstić information content (AvgIpc) is 2.97. The lowest BCUT2D eigenvalue weighted by Crippen LogP contribution is -2.57. The molecule has 0 radical (unpaired) electrons. The fraction of sp³-hybridized carbons (Fsp3) is 0.958. The molecule has 4 aliphatic carbocycles. The van der Waals surface area contributed by atoms with Crippen molar-refractivity contribution in [2.75, 3.05) is 0 Å². The summed E-state index contributed by atoms with van der Waals surface area (Å²) in [7, 11) is 0. The van der Waals surface area contributed by atoms with Gasteiger partial charge < -0.3 is 10.2 Å². The highest BCUT2D eigenvalue weighted by Crippen LogP contribution is 2.68. The second-order valence-electron chi connectivity index (χ2n) is 11.2. The number of carboxylic acids is 1. The van der Waals surface area contributed by atoms with E-state index in [9.17, 15) is 9.90 Å². The van der Waals surface area contributed by atoms with Crippen LogP contribution in [-0.2, 0) is 4.79 Å². The largest absolute Gasteiger partial charge is 0.481 e. The predicted molar refractivity (Wildman–Crippen MR) is 107 cm³/mol. The highest BCUT2D eigenvalue weighted by atomic mass is 16.4. The van der Waals surface area contributed by atoms with Gasteiger partial charge in [-0.05, 0) is 97.7 Å². The second kappa shape index (κ2) is 7.04. The van der Waals surface area contributed by atoms with Crippen LogP contribution in [0.3, 0.4) is 0 Å². The Labute approximate surface area is 165 Å². The molecule has 3 heteroatoms. The molecule has 4 aliphatic rings. The van der Waals surface area contributed by atoms with Crippen molar-refractivity contribution in [1.29, 1.82) is 0 Å². The van der Waals surface area contributed by atoms with Gasteiger partial charge in [-0.2, -0.15) is 0 Å². The molecular formula is C24H40O3. The molecular weight excluding hydrogens is 336 g/mol. The summed E-state index contributed by atoms with van der Waals surface area (Å²) in [6, 6.07) is 0. The van der Waals surface area contributed by atoms with Gasteiger partial charge in [0.05, 0.1) is 6.10 Å². The zero-order valence-electron chi connectivity index (χ0n) is 17.6. The van der Waals surface area contributed by atoms with Crippen LogP contribution in [0, 0.1) is 46.3 Å². The fourth-order valence-electron chi connectivity index (χ4n) is 8.78. The van der Waals surface area contributed by atoms with E-state index in [4.69, 9.17) is 5.11 Å². The number of rotatable bonds is 4. The van der Waals surface area contributed by atoms with Gasteiger partial charge in [-0.25, -0.2) is 0 Å². The molecule has 2 N–H and O–H groups in total. The number of fused-ring (bicyclic) bond motifs is 5. The first-order valence-corrected chi connectivity index (χ1v) is 11.7. The minimum Gasteiger partial charge on any atom is -0.481 e. The van der Waals surface area contributed by atoms with Crippen LogP contribution in [0.25, 0.3) is 0 Å². The van der Waals surface area contributed by atoms with Gasteiger partial charge >= 0.3 is 5.97 Å². The van der Waals surface area contributed by atoms with Crippen LogP contribution in [0.2, 0.25) is 0 Å². The Morgan fingerprint density at radius 2 is 1.78 bits per heavy atom. The Morgan fingerprint density at radius 1 is 1.04 bits per heavy atom. The Morgan fingerprint density at radius 3 is 2.52 bits per heavy atom. The standard InChI is InChI=1S/C24H40O3/c1-15(7-10-21(26)27)17-8-9-18-22-19(11-13-24(17,18)3)23(2)12-5-4-6-16(23)14-20(22)25/h15-20,22,25H,4-14H2,1-3H3,(H,26,27)/t15-,16+,17-,18+,19+,20-,22+,23+,24-/m1/s1. The zero-order chi connectivity index (χ0) is 19.4. The van der Waals surface area contributed by atoms with Crippen molar-refractivity contribution in [3.63, 3.8) is 0 Å². The van der Waals surface area contributed by atoms with Crippen molar-refractivity contribution in [2.45, 2.75) is 97.5 Å². The molecule has 0 heterocycles. The Kier molecular flexibility index (Phi) is 5.15. The van der Waals surface area contributed by atoms with Gasteiger partial charge in [0, 0.05) is 6.42 Å². The van der Waals surface area contributed by atoms with Crippen molar-refractivity contribution < 1.29 is 15.0 Å². The van der Waals surface area contributed by atoms with Crippen molar-refractivity contribution in [2.24, 2.45) is 46.3 Å². The minimum absolute atomic E-state index is 0.108. The van der Waals surface area contributed by atoms with Crippen molar-refractivity contribution in [3.05, 3.63) is 0 Å². The molecule has 0 aromatic rings. The summed E-state index contributed by atoms with van der Waals surface area (Å²) in [4.78, 5) is 11.0. The van der Waals surface area contributed by atoms with Crippen LogP contribution in [0.1, 0.15) is 91.4 Å². The monoisotopic (exact) mass is 376 g/mol. The van der Waals surface area contributed by atoms with Gasteiger partial charge in [0.1, 0.15) is 0 Å². The summed E-state index contributed by atoms with van der Waals surface area (Å²) < 4.78 is 0. The Bertz CT molecular complexity index is 574. The summed E-state index contributed by atoms with van der Waals surface area (Å²) in [5.41, 5.74) is 0.758. The van der Waals surface area contributed by atoms with E-state index in [2.05, 4.69) is 20.8 Å². The smallest absolute Gasteiger partial charge is 0.303 e. The van der Waals surface area contributed by atoms with Crippen LogP contribution in [0.4, 0.5) is 0 Å². The molecule has 0 aromatic heterocycles. The lowest BCUT2D eigenvalue weighted by molar-refractivity contribution is -0.164. The lowest BCUT2D eigenvalue weighted by atomic mass is 9.44. The minimum atomic E-state index is -0.663. The topological polar surface area (TPSA) is 57.5 Å². The molecule has 0 unspecified atom stereocenters. The number of carboxylic acid groups (broad SMARTS) is 1. The third-order valence-electron chi connectivity index (χ3n) is 10.2. The zero-order valence-corrected chi connectivity index (χ0v) is 17.6. The molecule has 4 saturated carbocycles. The molecule has 0 amide bonds. The van der Waals surface area contributed by atoms with Crippen molar-refractivity contribution >= 4 is 5.97 Å². The number of aliphatic hydroxyl groups is 1. The van der Waals surface area contributed by atoms with Gasteiger partial charge in [0.15, 0.2) is 0 Å². The van der Waals surface area contributed by atoms with E-state index in [0.29, 0.717) is 46.8 Å². The SMILES string of the molecule is C[C@H](CCC(=O)O)[C@H]1CC[C@H]2[C@@H]3[C@H](O)C[C@@H]4CCCC[C@]4(C)[C@H]3CC[C@]12C. The normalized spacial score (nSPS) is 50.4. The van der Waals surface area contributed by atoms with E-state index < -0.39 is 5.97 Å². The van der Waals surface area contributed by atoms with E-state index in [0.717, 1.165) is 18.8 Å². The first-order chi connectivity index (χ1) is 12.8. The van der Waals surface area contributed by atoms with E-state index >= 15 is 0 Å². The first kappa shape index (κ1) is 19.7. The quantitative estimate of drug-likeness (QED) is 0.680. The van der Waals surface area contributed by atoms with Crippen LogP contribution in [-0.4, -0.2) is 22.3 Å². The maximum absolute atomic E-state index is 11.2. The van der Waals surface area contributed by atoms with Gasteiger partial charge in [-0.1, -0.05) is 33.6 Å². The molecule has 0 bridgehead atoms.